The van der Waals surface area contributed by atoms with Crippen LogP contribution in [-0.2, 0) is 0 Å². The second-order valence-corrected chi connectivity index (χ2v) is 1.54. The van der Waals surface area contributed by atoms with E-state index in [2.05, 4.69) is 4.98 Å². The molecule has 0 amide bonds. The molecule has 1 rings (SSSR count). The topological polar surface area (TPSA) is 44.9 Å². The molecule has 0 saturated carbocycles. The van der Waals surface area contributed by atoms with Gasteiger partial charge in [0.1, 0.15) is 0 Å². The molecule has 0 atom stereocenters. The minimum atomic E-state index is -0.322. The van der Waals surface area contributed by atoms with E-state index in [1.807, 2.05) is 0 Å². The number of hydrogen-bond donors (Lipinski definition) is 2. The van der Waals surface area contributed by atoms with E-state index in [9.17, 15) is 9.28 Å². The summed E-state index contributed by atoms with van der Waals surface area (Å²) in [6.07, 6.45) is 1.37. The molecule has 0 saturated heterocycles. The van der Waals surface area contributed by atoms with Crippen molar-refractivity contribution >= 4 is 5.69 Å². The van der Waals surface area contributed by atoms with Gasteiger partial charge in [0.15, 0.2) is 0 Å². The third kappa shape index (κ3) is 1.28. The van der Waals surface area contributed by atoms with Crippen LogP contribution < -0.4 is 11.1 Å². The molecule has 0 aliphatic heterocycles. The van der Waals surface area contributed by atoms with Crippen molar-refractivity contribution in [3.05, 3.63) is 28.7 Å². The first-order chi connectivity index (χ1) is 4.33. The molecule has 1 aromatic heterocycles. The zero-order valence-electron chi connectivity index (χ0n) is 4.52. The number of halogens is 1. The molecule has 0 radical (unpaired) electrons. The summed E-state index contributed by atoms with van der Waals surface area (Å²) in [5, 5.41) is 0. The molecule has 48 valence electrons. The van der Waals surface area contributed by atoms with Crippen LogP contribution in [0.4, 0.5) is 10.2 Å². The molecule has 3 nitrogen and oxygen atoms in total. The number of H-pyrrole nitrogens is 1. The Kier molecular flexibility index (Phi) is 1.48. The summed E-state index contributed by atoms with van der Waals surface area (Å²) in [7, 11) is 0. The maximum Gasteiger partial charge on any atom is 0.250 e. The molecular formula is C5H5FN2O. The van der Waals surface area contributed by atoms with Crippen molar-refractivity contribution in [2.45, 2.75) is 0 Å². The second kappa shape index (κ2) is 2.30. The van der Waals surface area contributed by atoms with E-state index in [0.29, 0.717) is 0 Å². The summed E-state index contributed by atoms with van der Waals surface area (Å²) in [6, 6.07) is 2.54. The maximum atomic E-state index is 11.5. The normalized spacial score (nSPS) is 9.00. The summed E-state index contributed by atoms with van der Waals surface area (Å²) < 4.78 is 11.5. The Morgan fingerprint density at radius 3 is 2.89 bits per heavy atom. The van der Waals surface area contributed by atoms with Gasteiger partial charge < -0.3 is 4.98 Å². The van der Waals surface area contributed by atoms with Gasteiger partial charge in [0, 0.05) is 12.3 Å². The second-order valence-electron chi connectivity index (χ2n) is 1.54. The van der Waals surface area contributed by atoms with Crippen LogP contribution in [0.25, 0.3) is 0 Å². The lowest BCUT2D eigenvalue weighted by molar-refractivity contribution is 0.617. The van der Waals surface area contributed by atoms with Gasteiger partial charge in [0.25, 0.3) is 0 Å². The molecule has 0 aliphatic rings. The van der Waals surface area contributed by atoms with E-state index in [4.69, 9.17) is 0 Å². The Morgan fingerprint density at radius 2 is 2.44 bits per heavy atom. The van der Waals surface area contributed by atoms with Gasteiger partial charge in [-0.15, -0.1) is 4.48 Å². The number of anilines is 1. The van der Waals surface area contributed by atoms with E-state index < -0.39 is 0 Å². The number of aromatic amines is 1. The summed E-state index contributed by atoms with van der Waals surface area (Å²) in [5.41, 5.74) is 1.19. The fourth-order valence-corrected chi connectivity index (χ4v) is 0.503. The van der Waals surface area contributed by atoms with Crippen molar-refractivity contribution in [2.75, 3.05) is 5.54 Å². The summed E-state index contributed by atoms with van der Waals surface area (Å²) in [6.45, 7) is 0. The predicted octanol–water partition coefficient (Wildman–Crippen LogP) is 0.671. The van der Waals surface area contributed by atoms with Gasteiger partial charge in [-0.3, -0.25) is 4.79 Å². The molecule has 1 aromatic rings. The Bertz CT molecular complexity index is 245. The van der Waals surface area contributed by atoms with Crippen LogP contribution >= 0.6 is 0 Å². The van der Waals surface area contributed by atoms with Crippen LogP contribution in [0.1, 0.15) is 0 Å². The molecule has 0 aromatic carbocycles. The minimum absolute atomic E-state index is 0.166. The predicted molar refractivity (Wildman–Crippen MR) is 31.8 cm³/mol. The maximum absolute atomic E-state index is 11.5. The van der Waals surface area contributed by atoms with Crippen LogP contribution in [0.3, 0.4) is 0 Å². The van der Waals surface area contributed by atoms with Crippen molar-refractivity contribution < 1.29 is 4.48 Å². The lowest BCUT2D eigenvalue weighted by atomic mass is 10.4. The lowest BCUT2D eigenvalue weighted by Gasteiger charge is -1.89. The average molecular weight is 128 g/mol. The third-order valence-corrected chi connectivity index (χ3v) is 0.884. The van der Waals surface area contributed by atoms with Crippen LogP contribution in [0.5, 0.6) is 0 Å². The van der Waals surface area contributed by atoms with Gasteiger partial charge in [0.2, 0.25) is 5.56 Å². The van der Waals surface area contributed by atoms with Crippen molar-refractivity contribution in [1.29, 1.82) is 0 Å². The van der Waals surface area contributed by atoms with Gasteiger partial charge in [-0.05, 0) is 6.07 Å². The third-order valence-electron chi connectivity index (χ3n) is 0.884. The van der Waals surface area contributed by atoms with Gasteiger partial charge in [-0.1, -0.05) is 0 Å². The minimum Gasteiger partial charge on any atom is -0.329 e. The van der Waals surface area contributed by atoms with Crippen molar-refractivity contribution in [2.24, 2.45) is 0 Å². The smallest absolute Gasteiger partial charge is 0.250 e. The fraction of sp³-hybridized carbons (Fsp3) is 0. The highest BCUT2D eigenvalue weighted by atomic mass is 19.2. The zero-order chi connectivity index (χ0) is 6.69. The molecule has 0 aliphatic carbocycles. The van der Waals surface area contributed by atoms with Crippen LogP contribution in [-0.4, -0.2) is 4.98 Å². The summed E-state index contributed by atoms with van der Waals surface area (Å²) in [4.78, 5) is 12.7. The SMILES string of the molecule is O=c1cc(NF)cc[nH]1. The van der Waals surface area contributed by atoms with E-state index in [0.717, 1.165) is 6.07 Å². The van der Waals surface area contributed by atoms with E-state index in [1.54, 1.807) is 0 Å². The highest BCUT2D eigenvalue weighted by Gasteiger charge is 1.86. The molecule has 2 N–H and O–H groups in total. The van der Waals surface area contributed by atoms with Gasteiger partial charge in [-0.25, -0.2) is 5.54 Å². The number of hydrogen-bond acceptors (Lipinski definition) is 2. The zero-order valence-corrected chi connectivity index (χ0v) is 4.52. The van der Waals surface area contributed by atoms with Crippen LogP contribution in [0.2, 0.25) is 0 Å². The first kappa shape index (κ1) is 5.81. The molecule has 1 heterocycles. The Morgan fingerprint density at radius 1 is 1.67 bits per heavy atom. The quantitative estimate of drug-likeness (QED) is 0.546. The first-order valence-corrected chi connectivity index (χ1v) is 2.38. The first-order valence-electron chi connectivity index (χ1n) is 2.38. The van der Waals surface area contributed by atoms with Crippen molar-refractivity contribution in [3.8, 4) is 0 Å². The number of aromatic nitrogens is 1. The van der Waals surface area contributed by atoms with Gasteiger partial charge in [-0.2, -0.15) is 0 Å². The van der Waals surface area contributed by atoms with Gasteiger partial charge in [0.05, 0.1) is 5.69 Å². The van der Waals surface area contributed by atoms with Crippen molar-refractivity contribution in [3.63, 3.8) is 0 Å². The fourth-order valence-electron chi connectivity index (χ4n) is 0.503. The number of rotatable bonds is 1. The van der Waals surface area contributed by atoms with Crippen molar-refractivity contribution in [1.82, 2.24) is 4.98 Å². The van der Waals surface area contributed by atoms with Gasteiger partial charge >= 0.3 is 0 Å². The highest BCUT2D eigenvalue weighted by molar-refractivity contribution is 5.37. The Hall–Kier alpha value is -1.32. The number of nitrogens with one attached hydrogen (secondary N) is 2. The Labute approximate surface area is 50.5 Å². The molecule has 4 heteroatoms. The van der Waals surface area contributed by atoms with E-state index >= 15 is 0 Å². The summed E-state index contributed by atoms with van der Waals surface area (Å²) >= 11 is 0. The van der Waals surface area contributed by atoms with E-state index in [1.165, 1.54) is 17.8 Å². The average Bonchev–Trinajstić information content (AvgIpc) is 1.88. The van der Waals surface area contributed by atoms with Crippen LogP contribution in [0.15, 0.2) is 23.1 Å². The standard InChI is InChI=1S/C5H5FN2O/c6-8-4-1-2-7-5(9)3-4/h1-3H,(H2,7,8,9). The summed E-state index contributed by atoms with van der Waals surface area (Å²) in [5.74, 6) is 0. The molecular weight excluding hydrogens is 123 g/mol. The number of pyridine rings is 1. The highest BCUT2D eigenvalue weighted by Crippen LogP contribution is 1.98. The monoisotopic (exact) mass is 128 g/mol. The Balaban J connectivity index is 3.08. The molecule has 0 spiro atoms. The molecule has 0 unspecified atom stereocenters. The lowest BCUT2D eigenvalue weighted by Crippen LogP contribution is -2.02. The molecule has 0 bridgehead atoms. The van der Waals surface area contributed by atoms with Crippen LogP contribution in [0, 0.1) is 0 Å². The van der Waals surface area contributed by atoms with E-state index in [-0.39, 0.29) is 11.2 Å². The largest absolute Gasteiger partial charge is 0.329 e. The molecule has 0 fully saturated rings. The molecule has 9 heavy (non-hydrogen) atoms.